The topological polar surface area (TPSA) is 59.0 Å². The van der Waals surface area contributed by atoms with Crippen LogP contribution < -0.4 is 10.6 Å². The molecule has 32 heavy (non-hydrogen) atoms. The minimum Gasteiger partial charge on any atom is -0.343 e. The van der Waals surface area contributed by atoms with E-state index in [1.54, 1.807) is 18.5 Å². The Morgan fingerprint density at radius 3 is 2.59 bits per heavy atom. The fraction of sp³-hybridized carbons (Fsp3) is 0.130. The third kappa shape index (κ3) is 6.01. The molecule has 3 rings (SSSR count). The molecule has 0 aliphatic heterocycles. The highest BCUT2D eigenvalue weighted by molar-refractivity contribution is 6.31. The average molecular weight is 461 g/mol. The smallest absolute Gasteiger partial charge is 0.343 e. The van der Waals surface area contributed by atoms with Gasteiger partial charge in [0.15, 0.2) is 0 Å². The van der Waals surface area contributed by atoms with Gasteiger partial charge in [0.25, 0.3) is 0 Å². The maximum absolute atomic E-state index is 12.6. The lowest BCUT2D eigenvalue weighted by Crippen LogP contribution is -2.27. The lowest BCUT2D eigenvalue weighted by atomic mass is 10.2. The zero-order valence-corrected chi connectivity index (χ0v) is 17.8. The predicted molar refractivity (Wildman–Crippen MR) is 120 cm³/mol. The van der Waals surface area contributed by atoms with E-state index in [2.05, 4.69) is 26.8 Å². The number of amides is 2. The SMILES string of the molecule is C=C(/C=C\C(Cl)=C(/C)C(F)(F)F)NC(=O)Nc1ccc2c(ccn2Cc2ccncc2)c1. The van der Waals surface area contributed by atoms with Gasteiger partial charge in [0.1, 0.15) is 0 Å². The predicted octanol–water partition coefficient (Wildman–Crippen LogP) is 6.35. The van der Waals surface area contributed by atoms with Gasteiger partial charge >= 0.3 is 12.2 Å². The maximum Gasteiger partial charge on any atom is 0.413 e. The number of nitrogens with zero attached hydrogens (tertiary/aromatic N) is 2. The summed E-state index contributed by atoms with van der Waals surface area (Å²) >= 11 is 5.63. The van der Waals surface area contributed by atoms with Crippen molar-refractivity contribution >= 4 is 34.2 Å². The molecule has 0 spiro atoms. The van der Waals surface area contributed by atoms with Crippen LogP contribution in [0.25, 0.3) is 10.9 Å². The number of benzene rings is 1. The van der Waals surface area contributed by atoms with Crippen LogP contribution in [-0.2, 0) is 6.54 Å². The fourth-order valence-electron chi connectivity index (χ4n) is 2.88. The largest absolute Gasteiger partial charge is 0.413 e. The van der Waals surface area contributed by atoms with Crippen molar-refractivity contribution in [2.45, 2.75) is 19.6 Å². The van der Waals surface area contributed by atoms with E-state index in [0.717, 1.165) is 29.5 Å². The van der Waals surface area contributed by atoms with Crippen molar-refractivity contribution in [2.75, 3.05) is 5.32 Å². The molecule has 2 N–H and O–H groups in total. The van der Waals surface area contributed by atoms with Crippen LogP contribution in [0, 0.1) is 0 Å². The van der Waals surface area contributed by atoms with Gasteiger partial charge in [0.05, 0.1) is 0 Å². The Morgan fingerprint density at radius 1 is 1.19 bits per heavy atom. The molecule has 9 heteroatoms. The van der Waals surface area contributed by atoms with Gasteiger partial charge in [-0.25, -0.2) is 4.79 Å². The first-order chi connectivity index (χ1) is 15.1. The summed E-state index contributed by atoms with van der Waals surface area (Å²) in [4.78, 5) is 16.2. The first-order valence-corrected chi connectivity index (χ1v) is 9.87. The molecule has 2 heterocycles. The summed E-state index contributed by atoms with van der Waals surface area (Å²) in [7, 11) is 0. The molecule has 0 saturated carbocycles. The number of hydrogen-bond donors (Lipinski definition) is 2. The molecule has 0 aliphatic rings. The van der Waals surface area contributed by atoms with Crippen LogP contribution in [0.15, 0.2) is 90.0 Å². The van der Waals surface area contributed by atoms with Gasteiger partial charge in [-0.1, -0.05) is 18.2 Å². The quantitative estimate of drug-likeness (QED) is 0.421. The van der Waals surface area contributed by atoms with Gasteiger partial charge in [0, 0.05) is 58.0 Å². The zero-order valence-electron chi connectivity index (χ0n) is 17.1. The van der Waals surface area contributed by atoms with Gasteiger partial charge < -0.3 is 15.2 Å². The van der Waals surface area contributed by atoms with Crippen molar-refractivity contribution < 1.29 is 18.0 Å². The van der Waals surface area contributed by atoms with Crippen LogP contribution >= 0.6 is 11.6 Å². The Kier molecular flexibility index (Phi) is 7.05. The second kappa shape index (κ2) is 9.74. The molecule has 5 nitrogen and oxygen atoms in total. The number of allylic oxidation sites excluding steroid dienone is 4. The molecule has 0 radical (unpaired) electrons. The summed E-state index contributed by atoms with van der Waals surface area (Å²) in [5, 5.41) is 5.57. The van der Waals surface area contributed by atoms with Crippen molar-refractivity contribution in [3.8, 4) is 0 Å². The molecule has 0 saturated heterocycles. The summed E-state index contributed by atoms with van der Waals surface area (Å²) in [5.74, 6) is 0. The normalized spacial score (nSPS) is 12.7. The molecular weight excluding hydrogens is 441 g/mol. The molecule has 166 valence electrons. The number of nitrogens with one attached hydrogen (secondary N) is 2. The third-order valence-electron chi connectivity index (χ3n) is 4.62. The number of anilines is 1. The Labute approximate surface area is 187 Å². The van der Waals surface area contributed by atoms with E-state index < -0.39 is 22.8 Å². The molecule has 0 atom stereocenters. The number of rotatable bonds is 6. The van der Waals surface area contributed by atoms with Crippen LogP contribution in [-0.4, -0.2) is 21.8 Å². The minimum atomic E-state index is -4.52. The number of fused-ring (bicyclic) bond motifs is 1. The summed E-state index contributed by atoms with van der Waals surface area (Å²) in [5.41, 5.74) is 1.82. The lowest BCUT2D eigenvalue weighted by Gasteiger charge is -2.09. The lowest BCUT2D eigenvalue weighted by molar-refractivity contribution is -0.0915. The van der Waals surface area contributed by atoms with Crippen molar-refractivity contribution in [3.05, 3.63) is 95.6 Å². The van der Waals surface area contributed by atoms with E-state index in [4.69, 9.17) is 11.6 Å². The first-order valence-electron chi connectivity index (χ1n) is 9.50. The number of halogens is 4. The van der Waals surface area contributed by atoms with Crippen molar-refractivity contribution in [2.24, 2.45) is 0 Å². The molecule has 0 fully saturated rings. The highest BCUT2D eigenvalue weighted by atomic mass is 35.5. The number of hydrogen-bond acceptors (Lipinski definition) is 2. The Morgan fingerprint density at radius 2 is 1.91 bits per heavy atom. The van der Waals surface area contributed by atoms with Gasteiger partial charge in [-0.15, -0.1) is 0 Å². The number of carbonyl (C=O) groups is 1. The molecular formula is C23H20ClF3N4O. The molecule has 2 amide bonds. The van der Waals surface area contributed by atoms with Gasteiger partial charge in [0.2, 0.25) is 0 Å². The van der Waals surface area contributed by atoms with Crippen LogP contribution in [0.5, 0.6) is 0 Å². The molecule has 0 bridgehead atoms. The number of aromatic nitrogens is 2. The van der Waals surface area contributed by atoms with E-state index in [9.17, 15) is 18.0 Å². The third-order valence-corrected chi connectivity index (χ3v) is 5.03. The Bertz CT molecular complexity index is 1200. The van der Waals surface area contributed by atoms with E-state index in [-0.39, 0.29) is 5.70 Å². The number of carbonyl (C=O) groups excluding carboxylic acids is 1. The highest BCUT2D eigenvalue weighted by Gasteiger charge is 2.31. The zero-order chi connectivity index (χ0) is 23.3. The Hall–Kier alpha value is -3.52. The average Bonchev–Trinajstić information content (AvgIpc) is 3.13. The van der Waals surface area contributed by atoms with Gasteiger partial charge in [-0.2, -0.15) is 13.2 Å². The molecule has 2 aromatic heterocycles. The van der Waals surface area contributed by atoms with E-state index >= 15 is 0 Å². The second-order valence-corrected chi connectivity index (χ2v) is 7.39. The second-order valence-electron chi connectivity index (χ2n) is 6.98. The first kappa shape index (κ1) is 23.1. The van der Waals surface area contributed by atoms with E-state index in [1.165, 1.54) is 6.08 Å². The van der Waals surface area contributed by atoms with Crippen molar-refractivity contribution in [1.82, 2.24) is 14.9 Å². The van der Waals surface area contributed by atoms with Crippen molar-refractivity contribution in [3.63, 3.8) is 0 Å². The van der Waals surface area contributed by atoms with Crippen molar-refractivity contribution in [1.29, 1.82) is 0 Å². The van der Waals surface area contributed by atoms with Crippen LogP contribution in [0.4, 0.5) is 23.7 Å². The summed E-state index contributed by atoms with van der Waals surface area (Å²) in [6.07, 6.45) is 3.15. The molecule has 1 aromatic carbocycles. The molecule has 0 unspecified atom stereocenters. The number of urea groups is 1. The summed E-state index contributed by atoms with van der Waals surface area (Å²) in [6.45, 7) is 5.16. The molecule has 3 aromatic rings. The fourth-order valence-corrected chi connectivity index (χ4v) is 3.05. The Balaban J connectivity index is 1.62. The molecule has 0 aliphatic carbocycles. The standard InChI is InChI=1S/C23H20ClF3N4O/c1-15(3-5-20(24)16(2)23(25,26)27)29-22(32)30-19-4-6-21-18(13-19)9-12-31(21)14-17-7-10-28-11-8-17/h3-13H,1,14H2,2H3,(H2,29,30,32)/b5-3-,20-16-. The van der Waals surface area contributed by atoms with Crippen LogP contribution in [0.2, 0.25) is 0 Å². The maximum atomic E-state index is 12.6. The minimum absolute atomic E-state index is 0.0835. The van der Waals surface area contributed by atoms with E-state index in [1.807, 2.05) is 36.5 Å². The summed E-state index contributed by atoms with van der Waals surface area (Å²) < 4.78 is 39.9. The monoisotopic (exact) mass is 460 g/mol. The number of pyridine rings is 1. The highest BCUT2D eigenvalue weighted by Crippen LogP contribution is 2.29. The van der Waals surface area contributed by atoms with E-state index in [0.29, 0.717) is 12.2 Å². The number of alkyl halides is 3. The summed E-state index contributed by atoms with van der Waals surface area (Å²) in [6, 6.07) is 10.7. The van der Waals surface area contributed by atoms with Crippen LogP contribution in [0.3, 0.4) is 0 Å². The van der Waals surface area contributed by atoms with Gasteiger partial charge in [-0.05, 0) is 61.0 Å². The van der Waals surface area contributed by atoms with Crippen LogP contribution in [0.1, 0.15) is 12.5 Å². The van der Waals surface area contributed by atoms with Gasteiger partial charge in [-0.3, -0.25) is 4.98 Å².